The molecule has 0 aliphatic heterocycles. The molecule has 1 aliphatic rings. The van der Waals surface area contributed by atoms with Crippen LogP contribution in [0.25, 0.3) is 0 Å². The summed E-state index contributed by atoms with van der Waals surface area (Å²) in [6.07, 6.45) is 8.06. The average molecular weight is 213 g/mol. The maximum atomic E-state index is 11.8. The molecule has 0 unspecified atom stereocenters. The largest absolute Gasteiger partial charge is 0.464 e. The van der Waals surface area contributed by atoms with Gasteiger partial charge >= 0.3 is 5.97 Å². The van der Waals surface area contributed by atoms with Crippen LogP contribution in [-0.2, 0) is 9.53 Å². The summed E-state index contributed by atoms with van der Waals surface area (Å²) in [5.41, 5.74) is 5.42. The van der Waals surface area contributed by atoms with E-state index in [1.54, 1.807) is 0 Å². The van der Waals surface area contributed by atoms with Crippen molar-refractivity contribution < 1.29 is 9.53 Å². The highest BCUT2D eigenvalue weighted by atomic mass is 16.5. The van der Waals surface area contributed by atoms with Crippen LogP contribution in [0.2, 0.25) is 0 Å². The van der Waals surface area contributed by atoms with Gasteiger partial charge in [0.05, 0.1) is 6.61 Å². The van der Waals surface area contributed by atoms with Gasteiger partial charge in [-0.25, -0.2) is 0 Å². The number of hydrogen-bond acceptors (Lipinski definition) is 3. The fraction of sp³-hybridized carbons (Fsp3) is 0.917. The lowest BCUT2D eigenvalue weighted by atomic mass is 9.92. The zero-order valence-electron chi connectivity index (χ0n) is 9.76. The molecule has 0 bridgehead atoms. The molecule has 1 fully saturated rings. The topological polar surface area (TPSA) is 52.3 Å². The van der Waals surface area contributed by atoms with Crippen LogP contribution >= 0.6 is 0 Å². The Morgan fingerprint density at radius 1 is 1.27 bits per heavy atom. The lowest BCUT2D eigenvalue weighted by Crippen LogP contribution is -2.48. The number of ether oxygens (including phenoxy) is 1. The zero-order valence-corrected chi connectivity index (χ0v) is 9.76. The van der Waals surface area contributed by atoms with Crippen molar-refractivity contribution in [1.82, 2.24) is 0 Å². The molecule has 1 saturated carbocycles. The first-order valence-electron chi connectivity index (χ1n) is 6.15. The van der Waals surface area contributed by atoms with Crippen LogP contribution in [0.3, 0.4) is 0 Å². The number of hydrogen-bond donors (Lipinski definition) is 1. The number of carbonyl (C=O) groups is 1. The molecule has 1 aliphatic carbocycles. The number of esters is 1. The molecule has 0 atom stereocenters. The van der Waals surface area contributed by atoms with Gasteiger partial charge in [0.1, 0.15) is 5.54 Å². The molecule has 0 aromatic rings. The van der Waals surface area contributed by atoms with Gasteiger partial charge in [0.15, 0.2) is 0 Å². The van der Waals surface area contributed by atoms with Gasteiger partial charge in [0.25, 0.3) is 0 Å². The molecule has 2 N–H and O–H groups in total. The van der Waals surface area contributed by atoms with E-state index >= 15 is 0 Å². The van der Waals surface area contributed by atoms with E-state index in [-0.39, 0.29) is 5.97 Å². The second kappa shape index (κ2) is 6.11. The predicted octanol–water partition coefficient (Wildman–Crippen LogP) is 2.38. The Labute approximate surface area is 92.4 Å². The van der Waals surface area contributed by atoms with Crippen molar-refractivity contribution in [3.63, 3.8) is 0 Å². The van der Waals surface area contributed by atoms with Crippen molar-refractivity contribution in [1.29, 1.82) is 0 Å². The third-order valence-electron chi connectivity index (χ3n) is 3.13. The van der Waals surface area contributed by atoms with Crippen molar-refractivity contribution in [2.45, 2.75) is 63.8 Å². The van der Waals surface area contributed by atoms with E-state index in [2.05, 4.69) is 6.92 Å². The first kappa shape index (κ1) is 12.5. The zero-order chi connectivity index (χ0) is 11.1. The molecule has 15 heavy (non-hydrogen) atoms. The molecule has 0 heterocycles. The molecule has 0 spiro atoms. The van der Waals surface area contributed by atoms with Gasteiger partial charge in [-0.1, -0.05) is 39.0 Å². The monoisotopic (exact) mass is 213 g/mol. The van der Waals surface area contributed by atoms with Crippen LogP contribution < -0.4 is 5.73 Å². The number of unbranched alkanes of at least 4 members (excludes halogenated alkanes) is 1. The molecule has 0 aromatic carbocycles. The summed E-state index contributed by atoms with van der Waals surface area (Å²) in [5.74, 6) is -0.183. The van der Waals surface area contributed by atoms with Crippen LogP contribution in [0.15, 0.2) is 0 Å². The molecule has 0 saturated heterocycles. The molecule has 3 nitrogen and oxygen atoms in total. The van der Waals surface area contributed by atoms with E-state index in [1.807, 2.05) is 0 Å². The molecule has 88 valence electrons. The van der Waals surface area contributed by atoms with E-state index < -0.39 is 5.54 Å². The van der Waals surface area contributed by atoms with Crippen LogP contribution in [0, 0.1) is 0 Å². The minimum absolute atomic E-state index is 0.183. The molecule has 0 aromatic heterocycles. The smallest absolute Gasteiger partial charge is 0.326 e. The fourth-order valence-electron chi connectivity index (χ4n) is 2.02. The number of carbonyl (C=O) groups excluding carboxylic acids is 1. The molecular weight excluding hydrogens is 190 g/mol. The summed E-state index contributed by atoms with van der Waals surface area (Å²) < 4.78 is 5.22. The Balaban J connectivity index is 2.40. The maximum absolute atomic E-state index is 11.8. The van der Waals surface area contributed by atoms with Crippen LogP contribution in [0.1, 0.15) is 58.3 Å². The standard InChI is InChI=1S/C12H23NO2/c1-2-3-10-15-11(14)12(13)8-6-4-5-7-9-12/h2-10,13H2,1H3. The lowest BCUT2D eigenvalue weighted by molar-refractivity contribution is -0.150. The van der Waals surface area contributed by atoms with Crippen LogP contribution in [0.5, 0.6) is 0 Å². The normalized spacial score (nSPS) is 20.7. The van der Waals surface area contributed by atoms with Crippen LogP contribution in [-0.4, -0.2) is 18.1 Å². The number of rotatable bonds is 4. The molecule has 3 heteroatoms. The minimum Gasteiger partial charge on any atom is -0.464 e. The van der Waals surface area contributed by atoms with E-state index in [4.69, 9.17) is 10.5 Å². The van der Waals surface area contributed by atoms with Crippen molar-refractivity contribution in [3.8, 4) is 0 Å². The third kappa shape index (κ3) is 3.82. The molecule has 0 radical (unpaired) electrons. The fourth-order valence-corrected chi connectivity index (χ4v) is 2.02. The van der Waals surface area contributed by atoms with Crippen molar-refractivity contribution in [2.75, 3.05) is 6.61 Å². The van der Waals surface area contributed by atoms with Gasteiger partial charge in [-0.05, 0) is 19.3 Å². The Morgan fingerprint density at radius 2 is 1.87 bits per heavy atom. The third-order valence-corrected chi connectivity index (χ3v) is 3.13. The summed E-state index contributed by atoms with van der Waals surface area (Å²) in [6.45, 7) is 2.60. The summed E-state index contributed by atoms with van der Waals surface area (Å²) in [4.78, 5) is 11.8. The quantitative estimate of drug-likeness (QED) is 0.443. The second-order valence-corrected chi connectivity index (χ2v) is 4.56. The van der Waals surface area contributed by atoms with Gasteiger partial charge < -0.3 is 10.5 Å². The SMILES string of the molecule is CCCCOC(=O)C1(N)CCCCCC1. The highest BCUT2D eigenvalue weighted by Crippen LogP contribution is 2.26. The van der Waals surface area contributed by atoms with Gasteiger partial charge in [0.2, 0.25) is 0 Å². The van der Waals surface area contributed by atoms with E-state index in [1.165, 1.54) is 12.8 Å². The van der Waals surface area contributed by atoms with E-state index in [9.17, 15) is 4.79 Å². The molecular formula is C12H23NO2. The molecule has 0 amide bonds. The highest BCUT2D eigenvalue weighted by Gasteiger charge is 2.35. The first-order valence-corrected chi connectivity index (χ1v) is 6.15. The highest BCUT2D eigenvalue weighted by molar-refractivity contribution is 5.80. The number of nitrogens with two attached hydrogens (primary N) is 1. The van der Waals surface area contributed by atoms with Gasteiger partial charge in [-0.2, -0.15) is 0 Å². The van der Waals surface area contributed by atoms with Gasteiger partial charge in [-0.15, -0.1) is 0 Å². The Hall–Kier alpha value is -0.570. The Bertz CT molecular complexity index is 196. The Morgan fingerprint density at radius 3 is 2.40 bits per heavy atom. The van der Waals surface area contributed by atoms with Crippen molar-refractivity contribution >= 4 is 5.97 Å². The summed E-state index contributed by atoms with van der Waals surface area (Å²) in [5, 5.41) is 0. The lowest BCUT2D eigenvalue weighted by Gasteiger charge is -2.25. The van der Waals surface area contributed by atoms with Crippen molar-refractivity contribution in [3.05, 3.63) is 0 Å². The van der Waals surface area contributed by atoms with Crippen LogP contribution in [0.4, 0.5) is 0 Å². The van der Waals surface area contributed by atoms with Gasteiger partial charge in [-0.3, -0.25) is 4.79 Å². The van der Waals surface area contributed by atoms with Gasteiger partial charge in [0, 0.05) is 0 Å². The van der Waals surface area contributed by atoms with Crippen molar-refractivity contribution in [2.24, 2.45) is 5.73 Å². The van der Waals surface area contributed by atoms with E-state index in [0.29, 0.717) is 6.61 Å². The second-order valence-electron chi connectivity index (χ2n) is 4.56. The summed E-state index contributed by atoms with van der Waals surface area (Å²) >= 11 is 0. The van der Waals surface area contributed by atoms with E-state index in [0.717, 1.165) is 38.5 Å². The Kier molecular flexibility index (Phi) is 5.09. The molecule has 1 rings (SSSR count). The summed E-state index contributed by atoms with van der Waals surface area (Å²) in [7, 11) is 0. The maximum Gasteiger partial charge on any atom is 0.326 e. The average Bonchev–Trinajstić information content (AvgIpc) is 2.44. The first-order chi connectivity index (χ1) is 7.19. The predicted molar refractivity (Wildman–Crippen MR) is 60.5 cm³/mol. The minimum atomic E-state index is -0.690. The summed E-state index contributed by atoms with van der Waals surface area (Å²) in [6, 6.07) is 0.